The average Bonchev–Trinajstić information content (AvgIpc) is 2.58. The Morgan fingerprint density at radius 2 is 1.74 bits per heavy atom. The second-order valence-corrected chi connectivity index (χ2v) is 5.58. The summed E-state index contributed by atoms with van der Waals surface area (Å²) in [6.45, 7) is 0. The van der Waals surface area contributed by atoms with Crippen LogP contribution in [-0.2, 0) is 0 Å². The largest absolute Gasteiger partial charge is 0.497 e. The molecule has 6 heteroatoms. The van der Waals surface area contributed by atoms with Gasteiger partial charge in [-0.3, -0.25) is 0 Å². The Bertz CT molecular complexity index is 793. The van der Waals surface area contributed by atoms with Crippen LogP contribution in [0, 0.1) is 0 Å². The summed E-state index contributed by atoms with van der Waals surface area (Å²) < 4.78 is 6.12. The average molecular weight is 371 g/mol. The van der Waals surface area contributed by atoms with Crippen molar-refractivity contribution in [1.29, 1.82) is 0 Å². The quantitative estimate of drug-likeness (QED) is 0.679. The molecule has 0 fully saturated rings. The van der Waals surface area contributed by atoms with Crippen LogP contribution in [0.1, 0.15) is 0 Å². The lowest BCUT2D eigenvalue weighted by Crippen LogP contribution is -2.00. The van der Waals surface area contributed by atoms with E-state index < -0.39 is 0 Å². The Morgan fingerprint density at radius 3 is 2.48 bits per heavy atom. The van der Waals surface area contributed by atoms with Gasteiger partial charge in [0, 0.05) is 16.4 Å². The van der Waals surface area contributed by atoms with E-state index in [2.05, 4.69) is 36.5 Å². The zero-order chi connectivity index (χ0) is 16.1. The highest BCUT2D eigenvalue weighted by Gasteiger charge is 2.03. The number of ether oxygens (including phenoxy) is 1. The number of hydrogen-bond acceptors (Lipinski definition) is 5. The first-order chi connectivity index (χ1) is 11.2. The van der Waals surface area contributed by atoms with Gasteiger partial charge in [-0.2, -0.15) is 4.98 Å². The topological polar surface area (TPSA) is 59.1 Å². The van der Waals surface area contributed by atoms with E-state index in [1.807, 2.05) is 54.6 Å². The zero-order valence-corrected chi connectivity index (χ0v) is 14.0. The minimum Gasteiger partial charge on any atom is -0.497 e. The Labute approximate surface area is 142 Å². The van der Waals surface area contributed by atoms with Crippen molar-refractivity contribution in [1.82, 2.24) is 9.97 Å². The van der Waals surface area contributed by atoms with E-state index >= 15 is 0 Å². The molecule has 116 valence electrons. The van der Waals surface area contributed by atoms with Crippen LogP contribution in [-0.4, -0.2) is 17.1 Å². The van der Waals surface area contributed by atoms with Gasteiger partial charge in [0.1, 0.15) is 11.6 Å². The molecule has 0 saturated carbocycles. The second kappa shape index (κ2) is 7.11. The molecule has 0 saturated heterocycles. The van der Waals surface area contributed by atoms with Crippen LogP contribution in [0.3, 0.4) is 0 Å². The predicted molar refractivity (Wildman–Crippen MR) is 95.7 cm³/mol. The molecule has 0 aliphatic carbocycles. The first kappa shape index (κ1) is 15.3. The summed E-state index contributed by atoms with van der Waals surface area (Å²) >= 11 is 3.51. The fourth-order valence-electron chi connectivity index (χ4n) is 1.99. The van der Waals surface area contributed by atoms with Gasteiger partial charge in [0.15, 0.2) is 0 Å². The lowest BCUT2D eigenvalue weighted by atomic mass is 10.3. The Morgan fingerprint density at radius 1 is 0.957 bits per heavy atom. The van der Waals surface area contributed by atoms with Crippen molar-refractivity contribution in [3.63, 3.8) is 0 Å². The third kappa shape index (κ3) is 3.98. The molecule has 1 aromatic heterocycles. The maximum atomic E-state index is 5.14. The van der Waals surface area contributed by atoms with Gasteiger partial charge in [-0.1, -0.05) is 12.1 Å². The fraction of sp³-hybridized carbons (Fsp3) is 0.0588. The van der Waals surface area contributed by atoms with E-state index in [0.717, 1.165) is 21.6 Å². The molecule has 0 bridgehead atoms. The van der Waals surface area contributed by atoms with Crippen LogP contribution < -0.4 is 15.4 Å². The van der Waals surface area contributed by atoms with Crippen LogP contribution in [0.5, 0.6) is 5.75 Å². The Kier molecular flexibility index (Phi) is 4.73. The number of para-hydroxylation sites is 1. The molecule has 3 aromatic rings. The number of nitrogens with one attached hydrogen (secondary N) is 2. The molecular weight excluding hydrogens is 356 g/mol. The first-order valence-electron chi connectivity index (χ1n) is 7.00. The minimum absolute atomic E-state index is 0.521. The van der Waals surface area contributed by atoms with E-state index in [4.69, 9.17) is 4.74 Å². The number of rotatable bonds is 5. The normalized spacial score (nSPS) is 10.2. The molecule has 5 nitrogen and oxygen atoms in total. The Hall–Kier alpha value is -2.60. The molecule has 2 N–H and O–H groups in total. The molecule has 3 rings (SSSR count). The number of hydrogen-bond donors (Lipinski definition) is 2. The SMILES string of the molecule is COc1ccc(Nc2nccc(Nc3ccccc3Br)n2)cc1. The summed E-state index contributed by atoms with van der Waals surface area (Å²) in [6, 6.07) is 17.3. The predicted octanol–water partition coefficient (Wildman–Crippen LogP) is 4.73. The molecule has 2 aromatic carbocycles. The standard InChI is InChI=1S/C17H15BrN4O/c1-23-13-8-6-12(7-9-13)20-17-19-11-10-16(22-17)21-15-5-3-2-4-14(15)18/h2-11H,1H3,(H2,19,20,21,22). The lowest BCUT2D eigenvalue weighted by molar-refractivity contribution is 0.415. The molecule has 0 atom stereocenters. The summed E-state index contributed by atoms with van der Waals surface area (Å²) in [4.78, 5) is 8.70. The number of anilines is 4. The number of aromatic nitrogens is 2. The summed E-state index contributed by atoms with van der Waals surface area (Å²) in [5.74, 6) is 2.04. The van der Waals surface area contributed by atoms with Gasteiger partial charge in [0.25, 0.3) is 0 Å². The minimum atomic E-state index is 0.521. The highest BCUT2D eigenvalue weighted by molar-refractivity contribution is 9.10. The monoisotopic (exact) mass is 370 g/mol. The number of nitrogens with zero attached hydrogens (tertiary/aromatic N) is 2. The summed E-state index contributed by atoms with van der Waals surface area (Å²) in [5.41, 5.74) is 1.84. The van der Waals surface area contributed by atoms with Gasteiger partial charge in [-0.05, 0) is 58.4 Å². The third-order valence-corrected chi connectivity index (χ3v) is 3.83. The first-order valence-corrected chi connectivity index (χ1v) is 7.79. The number of benzene rings is 2. The van der Waals surface area contributed by atoms with Crippen molar-refractivity contribution < 1.29 is 4.74 Å². The molecule has 0 spiro atoms. The van der Waals surface area contributed by atoms with Crippen LogP contribution in [0.4, 0.5) is 23.1 Å². The van der Waals surface area contributed by atoms with Crippen molar-refractivity contribution in [2.75, 3.05) is 17.7 Å². The highest BCUT2D eigenvalue weighted by atomic mass is 79.9. The molecule has 0 radical (unpaired) electrons. The van der Waals surface area contributed by atoms with Gasteiger partial charge in [-0.15, -0.1) is 0 Å². The third-order valence-electron chi connectivity index (χ3n) is 3.14. The number of methoxy groups -OCH3 is 1. The molecule has 0 aliphatic rings. The Balaban J connectivity index is 1.75. The molecule has 0 aliphatic heterocycles. The van der Waals surface area contributed by atoms with E-state index in [-0.39, 0.29) is 0 Å². The van der Waals surface area contributed by atoms with Crippen molar-refractivity contribution in [3.8, 4) is 5.75 Å². The van der Waals surface area contributed by atoms with E-state index in [1.165, 1.54) is 0 Å². The van der Waals surface area contributed by atoms with Crippen LogP contribution in [0.25, 0.3) is 0 Å². The van der Waals surface area contributed by atoms with Crippen molar-refractivity contribution in [3.05, 3.63) is 65.3 Å². The van der Waals surface area contributed by atoms with Gasteiger partial charge in [0.2, 0.25) is 5.95 Å². The maximum Gasteiger partial charge on any atom is 0.229 e. The van der Waals surface area contributed by atoms with Crippen LogP contribution in [0.2, 0.25) is 0 Å². The van der Waals surface area contributed by atoms with Gasteiger partial charge in [-0.25, -0.2) is 4.98 Å². The smallest absolute Gasteiger partial charge is 0.229 e. The summed E-state index contributed by atoms with van der Waals surface area (Å²) in [7, 11) is 1.64. The zero-order valence-electron chi connectivity index (χ0n) is 12.5. The van der Waals surface area contributed by atoms with Gasteiger partial charge in [0.05, 0.1) is 12.8 Å². The molecule has 0 unspecified atom stereocenters. The molecule has 23 heavy (non-hydrogen) atoms. The van der Waals surface area contributed by atoms with Crippen molar-refractivity contribution >= 4 is 39.1 Å². The lowest BCUT2D eigenvalue weighted by Gasteiger charge is -2.10. The van der Waals surface area contributed by atoms with Crippen LogP contribution >= 0.6 is 15.9 Å². The van der Waals surface area contributed by atoms with Gasteiger partial charge < -0.3 is 15.4 Å². The summed E-state index contributed by atoms with van der Waals surface area (Å²) in [6.07, 6.45) is 1.71. The van der Waals surface area contributed by atoms with Crippen molar-refractivity contribution in [2.45, 2.75) is 0 Å². The fourth-order valence-corrected chi connectivity index (χ4v) is 2.38. The summed E-state index contributed by atoms with van der Waals surface area (Å²) in [5, 5.41) is 6.43. The van der Waals surface area contributed by atoms with Crippen molar-refractivity contribution in [2.24, 2.45) is 0 Å². The molecule has 0 amide bonds. The van der Waals surface area contributed by atoms with Crippen LogP contribution in [0.15, 0.2) is 65.3 Å². The molecule has 1 heterocycles. The maximum absolute atomic E-state index is 5.14. The van der Waals surface area contributed by atoms with E-state index in [0.29, 0.717) is 11.8 Å². The highest BCUT2D eigenvalue weighted by Crippen LogP contribution is 2.25. The second-order valence-electron chi connectivity index (χ2n) is 4.72. The molecular formula is C17H15BrN4O. The number of halogens is 1. The van der Waals surface area contributed by atoms with Gasteiger partial charge >= 0.3 is 0 Å². The van der Waals surface area contributed by atoms with E-state index in [9.17, 15) is 0 Å². The van der Waals surface area contributed by atoms with E-state index in [1.54, 1.807) is 13.3 Å².